The van der Waals surface area contributed by atoms with E-state index in [0.717, 1.165) is 4.57 Å². The maximum atomic E-state index is 13.1. The molecule has 3 aromatic heterocycles. The van der Waals surface area contributed by atoms with Gasteiger partial charge in [0.25, 0.3) is 5.56 Å². The van der Waals surface area contributed by atoms with Gasteiger partial charge in [-0.3, -0.25) is 28.6 Å². The summed E-state index contributed by atoms with van der Waals surface area (Å²) >= 11 is 14.0. The van der Waals surface area contributed by atoms with Crippen LogP contribution in [0, 0.1) is 17.8 Å². The molecular formula is C33H29Cl2N7O5. The minimum absolute atomic E-state index is 0.193. The summed E-state index contributed by atoms with van der Waals surface area (Å²) in [7, 11) is 4.55. The molecule has 0 amide bonds. The number of hydrogen-bond acceptors (Lipinski definition) is 9. The van der Waals surface area contributed by atoms with Gasteiger partial charge in [0, 0.05) is 56.6 Å². The number of methoxy groups -OCH3 is 1. The van der Waals surface area contributed by atoms with Crippen LogP contribution in [0.25, 0.3) is 33.3 Å². The van der Waals surface area contributed by atoms with Gasteiger partial charge in [-0.05, 0) is 24.0 Å². The molecule has 5 aromatic rings. The Hall–Kier alpha value is -4.78. The van der Waals surface area contributed by atoms with E-state index in [-0.39, 0.29) is 29.0 Å². The fourth-order valence-corrected chi connectivity index (χ4v) is 7.24. The molecule has 7 rings (SSSR count). The van der Waals surface area contributed by atoms with Crippen molar-refractivity contribution in [3.05, 3.63) is 91.4 Å². The van der Waals surface area contributed by atoms with E-state index in [1.165, 1.54) is 24.9 Å². The lowest BCUT2D eigenvalue weighted by molar-refractivity contribution is -0.139. The molecule has 1 aliphatic heterocycles. The number of rotatable bonds is 8. The second-order valence-corrected chi connectivity index (χ2v) is 12.6. The molecule has 4 heterocycles. The van der Waals surface area contributed by atoms with Gasteiger partial charge in [-0.15, -0.1) is 0 Å². The van der Waals surface area contributed by atoms with E-state index in [1.807, 2.05) is 30.3 Å². The lowest BCUT2D eigenvalue weighted by Crippen LogP contribution is -2.37. The molecular weight excluding hydrogens is 645 g/mol. The number of nitrogens with zero attached hydrogens (tertiary/aromatic N) is 6. The third kappa shape index (κ3) is 5.22. The zero-order chi connectivity index (χ0) is 33.1. The van der Waals surface area contributed by atoms with Crippen molar-refractivity contribution in [3.63, 3.8) is 0 Å². The summed E-state index contributed by atoms with van der Waals surface area (Å²) in [6.45, 7) is 1.93. The van der Waals surface area contributed by atoms with Crippen LogP contribution in [0.5, 0.6) is 5.88 Å². The van der Waals surface area contributed by atoms with Crippen molar-refractivity contribution < 1.29 is 14.6 Å². The number of halogens is 2. The first kappa shape index (κ1) is 30.9. The fraction of sp³-hybridized carbons (Fsp3) is 0.273. The lowest BCUT2D eigenvalue weighted by Gasteiger charge is -2.19. The van der Waals surface area contributed by atoms with E-state index >= 15 is 0 Å². The van der Waals surface area contributed by atoms with Gasteiger partial charge in [0.1, 0.15) is 16.9 Å². The molecule has 12 nitrogen and oxygen atoms in total. The molecule has 1 saturated heterocycles. The van der Waals surface area contributed by atoms with E-state index in [9.17, 15) is 19.5 Å². The van der Waals surface area contributed by atoms with Gasteiger partial charge in [-0.2, -0.15) is 0 Å². The van der Waals surface area contributed by atoms with E-state index in [0.29, 0.717) is 74.8 Å². The molecule has 240 valence electrons. The summed E-state index contributed by atoms with van der Waals surface area (Å²) in [6, 6.07) is 12.6. The Balaban J connectivity index is 1.19. The number of fused-ring (bicyclic) bond motifs is 2. The molecule has 2 fully saturated rings. The Kier molecular flexibility index (Phi) is 7.74. The Bertz CT molecular complexity index is 2210. The van der Waals surface area contributed by atoms with Crippen LogP contribution in [-0.2, 0) is 25.4 Å². The molecule has 0 bridgehead atoms. The van der Waals surface area contributed by atoms with E-state index in [4.69, 9.17) is 32.9 Å². The number of pyridine rings is 1. The minimum atomic E-state index is -0.715. The quantitative estimate of drug-likeness (QED) is 0.240. The average Bonchev–Trinajstić information content (AvgIpc) is 3.59. The van der Waals surface area contributed by atoms with Crippen molar-refractivity contribution in [3.8, 4) is 28.3 Å². The highest BCUT2D eigenvalue weighted by Crippen LogP contribution is 2.52. The first-order valence-electron chi connectivity index (χ1n) is 14.8. The van der Waals surface area contributed by atoms with Crippen LogP contribution in [0.2, 0.25) is 10.0 Å². The van der Waals surface area contributed by atoms with Gasteiger partial charge < -0.3 is 15.2 Å². The number of likely N-dealkylation sites (tertiary alicyclic amines) is 1. The summed E-state index contributed by atoms with van der Waals surface area (Å²) in [6.07, 6.45) is 3.17. The van der Waals surface area contributed by atoms with Crippen molar-refractivity contribution in [1.29, 1.82) is 0 Å². The van der Waals surface area contributed by atoms with Crippen molar-refractivity contribution in [2.75, 3.05) is 25.5 Å². The van der Waals surface area contributed by atoms with Crippen LogP contribution < -0.4 is 21.3 Å². The van der Waals surface area contributed by atoms with Gasteiger partial charge in [0.05, 0.1) is 46.2 Å². The van der Waals surface area contributed by atoms with Gasteiger partial charge >= 0.3 is 11.7 Å². The Morgan fingerprint density at radius 1 is 0.979 bits per heavy atom. The number of nitrogens with one attached hydrogen (secondary N) is 1. The van der Waals surface area contributed by atoms with E-state index < -0.39 is 17.2 Å². The number of benzene rings is 2. The summed E-state index contributed by atoms with van der Waals surface area (Å²) in [5.41, 5.74) is 3.09. The highest BCUT2D eigenvalue weighted by Gasteiger charge is 2.59. The molecule has 0 spiro atoms. The van der Waals surface area contributed by atoms with Gasteiger partial charge in [0.15, 0.2) is 0 Å². The number of hydrogen-bond donors (Lipinski definition) is 2. The molecule has 2 unspecified atom stereocenters. The second kappa shape index (κ2) is 11.8. The Morgan fingerprint density at radius 3 is 2.36 bits per heavy atom. The molecule has 0 radical (unpaired) electrons. The molecule has 2 atom stereocenters. The molecule has 47 heavy (non-hydrogen) atoms. The van der Waals surface area contributed by atoms with Crippen LogP contribution in [0.15, 0.2) is 64.4 Å². The largest absolute Gasteiger partial charge is 0.481 e. The first-order valence-corrected chi connectivity index (χ1v) is 15.6. The number of carbonyl (C=O) groups is 1. The zero-order valence-corrected chi connectivity index (χ0v) is 27.1. The van der Waals surface area contributed by atoms with Gasteiger partial charge in [0.2, 0.25) is 5.88 Å². The normalized spacial score (nSPS) is 18.7. The van der Waals surface area contributed by atoms with Gasteiger partial charge in [-0.1, -0.05) is 53.5 Å². The number of ether oxygens (including phenoxy) is 1. The SMILES string of the molecule is COc1nc(-c2cccc(-c3cccc(Nc4nccc5c4c(=O)n(C)c(=O)n5C)c3Cl)c2Cl)cnc1CN1CC2C(C1)C2C(=O)O. The maximum Gasteiger partial charge on any atom is 0.330 e. The lowest BCUT2D eigenvalue weighted by atomic mass is 10.0. The summed E-state index contributed by atoms with van der Waals surface area (Å²) in [4.78, 5) is 52.8. The topological polar surface area (TPSA) is 144 Å². The third-order valence-corrected chi connectivity index (χ3v) is 9.95. The number of aromatic nitrogens is 5. The predicted molar refractivity (Wildman–Crippen MR) is 178 cm³/mol. The number of piperidine rings is 1. The van der Waals surface area contributed by atoms with Crippen LogP contribution in [0.3, 0.4) is 0 Å². The van der Waals surface area contributed by atoms with Crippen LogP contribution >= 0.6 is 23.2 Å². The molecule has 2 aromatic carbocycles. The molecule has 1 aliphatic carbocycles. The molecule has 2 N–H and O–H groups in total. The van der Waals surface area contributed by atoms with E-state index in [1.54, 1.807) is 25.4 Å². The maximum absolute atomic E-state index is 13.1. The molecule has 14 heteroatoms. The predicted octanol–water partition coefficient (Wildman–Crippen LogP) is 4.58. The van der Waals surface area contributed by atoms with Crippen molar-refractivity contribution >= 4 is 51.6 Å². The van der Waals surface area contributed by atoms with Crippen molar-refractivity contribution in [2.24, 2.45) is 31.8 Å². The number of carboxylic acids is 1. The number of carboxylic acid groups (broad SMARTS) is 1. The summed E-state index contributed by atoms with van der Waals surface area (Å²) < 4.78 is 8.03. The van der Waals surface area contributed by atoms with E-state index in [2.05, 4.69) is 20.2 Å². The van der Waals surface area contributed by atoms with Crippen molar-refractivity contribution in [1.82, 2.24) is 29.0 Å². The van der Waals surface area contributed by atoms with Crippen LogP contribution in [0.1, 0.15) is 5.69 Å². The monoisotopic (exact) mass is 673 g/mol. The number of aryl methyl sites for hydroxylation is 1. The first-order chi connectivity index (χ1) is 22.6. The zero-order valence-electron chi connectivity index (χ0n) is 25.6. The highest BCUT2D eigenvalue weighted by molar-refractivity contribution is 6.39. The highest BCUT2D eigenvalue weighted by atomic mass is 35.5. The summed E-state index contributed by atoms with van der Waals surface area (Å²) in [5.74, 6) is 0.0640. The second-order valence-electron chi connectivity index (χ2n) is 11.8. The minimum Gasteiger partial charge on any atom is -0.481 e. The third-order valence-electron chi connectivity index (χ3n) is 9.13. The molecule has 1 saturated carbocycles. The Labute approximate surface area is 278 Å². The van der Waals surface area contributed by atoms with Gasteiger partial charge in [-0.25, -0.2) is 14.8 Å². The smallest absolute Gasteiger partial charge is 0.330 e. The Morgan fingerprint density at radius 2 is 1.66 bits per heavy atom. The van der Waals surface area contributed by atoms with Crippen molar-refractivity contribution in [2.45, 2.75) is 6.54 Å². The summed E-state index contributed by atoms with van der Waals surface area (Å²) in [5, 5.41) is 13.5. The average molecular weight is 675 g/mol. The fourth-order valence-electron chi connectivity index (χ4n) is 6.64. The number of anilines is 2. The number of aliphatic carboxylic acids is 1. The molecule has 2 aliphatic rings. The standard InChI is InChI=1S/C33H29Cl2N7O5/c1-40-24-10-11-36-29(26(24)31(43)41(2)33(40)46)38-21-9-5-7-17(28(21)35)16-6-4-8-18(27(16)34)22-12-37-23(30(39-22)47-3)15-42-13-19-20(14-42)25(19)32(44)45/h4-12,19-20,25H,13-15H2,1-3H3,(H,36,38)(H,44,45). The van der Waals surface area contributed by atoms with Crippen LogP contribution in [0.4, 0.5) is 11.5 Å². The van der Waals surface area contributed by atoms with Crippen LogP contribution in [-0.4, -0.2) is 60.3 Å².